The first kappa shape index (κ1) is 16.2. The van der Waals surface area contributed by atoms with Gasteiger partial charge in [0.1, 0.15) is 10.8 Å². The van der Waals surface area contributed by atoms with E-state index in [0.717, 1.165) is 17.2 Å². The number of nitrogens with zero attached hydrogens (tertiary/aromatic N) is 1. The third kappa shape index (κ3) is 4.13. The molecule has 8 heteroatoms. The Hall–Kier alpha value is -1.22. The molecule has 6 nitrogen and oxygen atoms in total. The number of aryl methyl sites for hydroxylation is 1. The maximum Gasteiger partial charge on any atom is 0.274 e. The Balaban J connectivity index is 2.09. The first-order chi connectivity index (χ1) is 9.92. The zero-order chi connectivity index (χ0) is 15.5. The van der Waals surface area contributed by atoms with Crippen LogP contribution in [0, 0.1) is 6.92 Å². The lowest BCUT2D eigenvalue weighted by Crippen LogP contribution is -2.26. The van der Waals surface area contributed by atoms with Gasteiger partial charge in [-0.3, -0.25) is 0 Å². The number of hydrogen-bond donors (Lipinski definition) is 2. The van der Waals surface area contributed by atoms with Crippen molar-refractivity contribution in [1.29, 1.82) is 0 Å². The predicted molar refractivity (Wildman–Crippen MR) is 81.7 cm³/mol. The summed E-state index contributed by atoms with van der Waals surface area (Å²) >= 11 is 1.43. The van der Waals surface area contributed by atoms with Crippen LogP contribution < -0.4 is 10.0 Å². The lowest BCUT2D eigenvalue weighted by atomic mass is 10.4. The smallest absolute Gasteiger partial charge is 0.274 e. The van der Waals surface area contributed by atoms with E-state index in [1.165, 1.54) is 17.4 Å². The highest BCUT2D eigenvalue weighted by Gasteiger charge is 2.23. The Kier molecular flexibility index (Phi) is 5.15. The van der Waals surface area contributed by atoms with Gasteiger partial charge in [-0.15, -0.1) is 11.3 Å². The summed E-state index contributed by atoms with van der Waals surface area (Å²) in [6.45, 7) is 6.91. The monoisotopic (exact) mass is 329 g/mol. The van der Waals surface area contributed by atoms with Gasteiger partial charge in [-0.25, -0.2) is 13.4 Å². The van der Waals surface area contributed by atoms with E-state index in [1.54, 1.807) is 13.0 Å². The van der Waals surface area contributed by atoms with Crippen molar-refractivity contribution in [3.05, 3.63) is 34.0 Å². The molecule has 2 heterocycles. The molecule has 0 aliphatic heterocycles. The number of furan rings is 1. The molecule has 21 heavy (non-hydrogen) atoms. The lowest BCUT2D eigenvalue weighted by molar-refractivity contribution is 0.400. The fourth-order valence-electron chi connectivity index (χ4n) is 1.76. The molecule has 0 radical (unpaired) electrons. The summed E-state index contributed by atoms with van der Waals surface area (Å²) in [7, 11) is -3.68. The van der Waals surface area contributed by atoms with Gasteiger partial charge in [0.05, 0.1) is 12.6 Å². The molecule has 0 aliphatic carbocycles. The van der Waals surface area contributed by atoms with Gasteiger partial charge in [0.15, 0.2) is 0 Å². The summed E-state index contributed by atoms with van der Waals surface area (Å²) in [6.07, 6.45) is 0. The van der Waals surface area contributed by atoms with Gasteiger partial charge in [0.25, 0.3) is 10.0 Å². The highest BCUT2D eigenvalue weighted by molar-refractivity contribution is 7.89. The fraction of sp³-hybridized carbons (Fsp3) is 0.462. The average molecular weight is 329 g/mol. The van der Waals surface area contributed by atoms with Crippen molar-refractivity contribution in [2.75, 3.05) is 6.54 Å². The number of rotatable bonds is 7. The summed E-state index contributed by atoms with van der Waals surface area (Å²) < 4.78 is 32.5. The van der Waals surface area contributed by atoms with Gasteiger partial charge in [-0.05, 0) is 32.5 Å². The Morgan fingerprint density at radius 2 is 2.19 bits per heavy atom. The summed E-state index contributed by atoms with van der Waals surface area (Å²) in [4.78, 5) is 4.29. The Morgan fingerprint density at radius 3 is 2.81 bits per heavy atom. The van der Waals surface area contributed by atoms with Crippen LogP contribution in [0.3, 0.4) is 0 Å². The van der Waals surface area contributed by atoms with E-state index in [0.29, 0.717) is 12.3 Å². The summed E-state index contributed by atoms with van der Waals surface area (Å²) in [5.41, 5.74) is 0.881. The molecule has 2 rings (SSSR count). The van der Waals surface area contributed by atoms with E-state index in [9.17, 15) is 8.42 Å². The molecule has 2 aromatic rings. The van der Waals surface area contributed by atoms with Gasteiger partial charge in [-0.1, -0.05) is 6.92 Å². The molecular formula is C13H19N3O3S2. The van der Waals surface area contributed by atoms with Crippen molar-refractivity contribution in [3.8, 4) is 0 Å². The van der Waals surface area contributed by atoms with Crippen molar-refractivity contribution in [1.82, 2.24) is 15.0 Å². The molecule has 0 fully saturated rings. The van der Waals surface area contributed by atoms with Crippen LogP contribution in [-0.4, -0.2) is 19.9 Å². The maximum atomic E-state index is 12.3. The maximum absolute atomic E-state index is 12.3. The molecule has 0 bridgehead atoms. The second kappa shape index (κ2) is 6.69. The zero-order valence-electron chi connectivity index (χ0n) is 12.2. The second-order valence-corrected chi connectivity index (χ2v) is 7.21. The predicted octanol–water partition coefficient (Wildman–Crippen LogP) is 2.19. The van der Waals surface area contributed by atoms with Crippen LogP contribution in [0.1, 0.15) is 36.4 Å². The number of hydrogen-bond acceptors (Lipinski definition) is 6. The van der Waals surface area contributed by atoms with Crippen LogP contribution in [0.4, 0.5) is 0 Å². The zero-order valence-corrected chi connectivity index (χ0v) is 13.8. The van der Waals surface area contributed by atoms with E-state index < -0.39 is 16.1 Å². The van der Waals surface area contributed by atoms with E-state index >= 15 is 0 Å². The van der Waals surface area contributed by atoms with Gasteiger partial charge in [0.2, 0.25) is 5.09 Å². The summed E-state index contributed by atoms with van der Waals surface area (Å²) in [6, 6.07) is 2.74. The van der Waals surface area contributed by atoms with Crippen LogP contribution in [0.15, 0.2) is 27.0 Å². The first-order valence-electron chi connectivity index (χ1n) is 6.66. The molecule has 0 spiro atoms. The second-order valence-electron chi connectivity index (χ2n) is 4.67. The van der Waals surface area contributed by atoms with Crippen molar-refractivity contribution >= 4 is 21.4 Å². The quantitative estimate of drug-likeness (QED) is 0.813. The van der Waals surface area contributed by atoms with E-state index in [-0.39, 0.29) is 5.09 Å². The van der Waals surface area contributed by atoms with Crippen molar-refractivity contribution in [2.45, 2.75) is 38.5 Å². The van der Waals surface area contributed by atoms with Gasteiger partial charge in [0, 0.05) is 11.1 Å². The van der Waals surface area contributed by atoms with Gasteiger partial charge in [-0.2, -0.15) is 4.72 Å². The van der Waals surface area contributed by atoms with Gasteiger partial charge < -0.3 is 9.73 Å². The number of nitrogens with one attached hydrogen (secondary N) is 2. The van der Waals surface area contributed by atoms with Crippen LogP contribution in [0.5, 0.6) is 0 Å². The molecule has 1 unspecified atom stereocenters. The van der Waals surface area contributed by atoms with Crippen molar-refractivity contribution < 1.29 is 12.8 Å². The molecule has 0 saturated heterocycles. The normalized spacial score (nSPS) is 13.5. The standard InChI is InChI=1S/C13H19N3O3S2/c1-4-14-7-11-5-6-12(19-11)21(17,18)16-10(3)13-15-9(2)8-20-13/h5-6,8,10,14,16H,4,7H2,1-3H3. The first-order valence-corrected chi connectivity index (χ1v) is 9.02. The lowest BCUT2D eigenvalue weighted by Gasteiger charge is -2.10. The fourth-order valence-corrected chi connectivity index (χ4v) is 3.79. The summed E-state index contributed by atoms with van der Waals surface area (Å²) in [5.74, 6) is 0.593. The van der Waals surface area contributed by atoms with Gasteiger partial charge >= 0.3 is 0 Å². The largest absolute Gasteiger partial charge is 0.447 e. The Labute approximate surface area is 128 Å². The Morgan fingerprint density at radius 1 is 1.43 bits per heavy atom. The molecule has 0 saturated carbocycles. The molecule has 2 N–H and O–H groups in total. The third-order valence-corrected chi connectivity index (χ3v) is 5.35. The minimum atomic E-state index is -3.68. The Bertz CT molecular complexity index is 691. The summed E-state index contributed by atoms with van der Waals surface area (Å²) in [5, 5.41) is 5.63. The number of sulfonamides is 1. The molecule has 2 aromatic heterocycles. The molecule has 0 amide bonds. The molecule has 1 atom stereocenters. The minimum absolute atomic E-state index is 0.0736. The van der Waals surface area contributed by atoms with Crippen molar-refractivity contribution in [2.24, 2.45) is 0 Å². The van der Waals surface area contributed by atoms with Crippen molar-refractivity contribution in [3.63, 3.8) is 0 Å². The van der Waals surface area contributed by atoms with E-state index in [4.69, 9.17) is 4.42 Å². The van der Waals surface area contributed by atoms with E-state index in [2.05, 4.69) is 15.0 Å². The SMILES string of the molecule is CCNCc1ccc(S(=O)(=O)NC(C)c2nc(C)cs2)o1. The number of aromatic nitrogens is 1. The average Bonchev–Trinajstić information content (AvgIpc) is 3.05. The molecule has 0 aliphatic rings. The van der Waals surface area contributed by atoms with Crippen LogP contribution in [0.2, 0.25) is 0 Å². The van der Waals surface area contributed by atoms with Crippen LogP contribution >= 0.6 is 11.3 Å². The van der Waals surface area contributed by atoms with Crippen LogP contribution in [0.25, 0.3) is 0 Å². The minimum Gasteiger partial charge on any atom is -0.447 e. The topological polar surface area (TPSA) is 84.2 Å². The molecule has 0 aromatic carbocycles. The number of thiazole rings is 1. The molecule has 116 valence electrons. The third-order valence-electron chi connectivity index (χ3n) is 2.79. The van der Waals surface area contributed by atoms with E-state index in [1.807, 2.05) is 19.2 Å². The van der Waals surface area contributed by atoms with Crippen LogP contribution in [-0.2, 0) is 16.6 Å². The highest BCUT2D eigenvalue weighted by atomic mass is 32.2. The highest BCUT2D eigenvalue weighted by Crippen LogP contribution is 2.21. The molecular weight excluding hydrogens is 310 g/mol.